The van der Waals surface area contributed by atoms with Gasteiger partial charge in [0.25, 0.3) is 0 Å². The zero-order valence-electron chi connectivity index (χ0n) is 36.3. The maximum atomic E-state index is 13.8. The molecule has 0 radical (unpaired) electrons. The SMILES string of the molecule is CC(C)C[C@H]1NC(=O)[C@H](N)Cc2cn(nn2)CCCC[C@H](C(N)=O)NC(=O)[C@@H](Cc2ccc(N=C(N)N)cc2)NC(=O)[C@@H](CC(=O)O)NC(=O)CNC(=O)[C@@H](CCCN=C(N)N)NC1=O. The van der Waals surface area contributed by atoms with Crippen molar-refractivity contribution >= 4 is 64.9 Å². The third-order valence-electron chi connectivity index (χ3n) is 9.78. The van der Waals surface area contributed by atoms with Gasteiger partial charge in [0, 0.05) is 32.1 Å². The van der Waals surface area contributed by atoms with Gasteiger partial charge in [0.15, 0.2) is 11.9 Å². The van der Waals surface area contributed by atoms with Crippen LogP contribution in [-0.4, -0.2) is 129 Å². The summed E-state index contributed by atoms with van der Waals surface area (Å²) in [5.41, 5.74) is 34.9. The van der Waals surface area contributed by atoms with Gasteiger partial charge in [-0.25, -0.2) is 4.99 Å². The molecule has 65 heavy (non-hydrogen) atoms. The van der Waals surface area contributed by atoms with Crippen molar-refractivity contribution in [1.82, 2.24) is 46.9 Å². The van der Waals surface area contributed by atoms with Crippen molar-refractivity contribution in [2.45, 2.75) is 114 Å². The van der Waals surface area contributed by atoms with Crippen molar-refractivity contribution in [1.29, 1.82) is 0 Å². The Morgan fingerprint density at radius 1 is 0.815 bits per heavy atom. The second-order valence-corrected chi connectivity index (χ2v) is 15.8. The first-order valence-electron chi connectivity index (χ1n) is 20.9. The molecule has 1 aliphatic heterocycles. The van der Waals surface area contributed by atoms with Crippen LogP contribution in [-0.2, 0) is 57.7 Å². The molecule has 1 aliphatic rings. The first-order valence-corrected chi connectivity index (χ1v) is 20.9. The highest BCUT2D eigenvalue weighted by Gasteiger charge is 2.32. The first-order chi connectivity index (χ1) is 30.7. The summed E-state index contributed by atoms with van der Waals surface area (Å²) in [6.07, 6.45) is 1.59. The van der Waals surface area contributed by atoms with Gasteiger partial charge in [-0.3, -0.25) is 48.0 Å². The zero-order chi connectivity index (χ0) is 48.2. The van der Waals surface area contributed by atoms with E-state index in [9.17, 15) is 43.5 Å². The Balaban J connectivity index is 1.98. The Labute approximate surface area is 374 Å². The molecule has 0 aliphatic carbocycles. The number of nitrogens with zero attached hydrogens (tertiary/aromatic N) is 5. The van der Waals surface area contributed by atoms with Crippen LogP contribution >= 0.6 is 0 Å². The Kier molecular flexibility index (Phi) is 20.5. The third kappa shape index (κ3) is 18.9. The van der Waals surface area contributed by atoms with E-state index in [2.05, 4.69) is 52.2 Å². The molecule has 0 saturated heterocycles. The normalized spacial score (nSPS) is 22.4. The molecule has 6 atom stereocenters. The molecule has 1 aromatic carbocycles. The van der Waals surface area contributed by atoms with E-state index in [0.717, 1.165) is 0 Å². The molecule has 0 spiro atoms. The van der Waals surface area contributed by atoms with E-state index < -0.39 is 96.5 Å². The predicted molar refractivity (Wildman–Crippen MR) is 235 cm³/mol. The number of nitrogens with two attached hydrogens (primary N) is 6. The lowest BCUT2D eigenvalue weighted by Gasteiger charge is -2.25. The number of hydrogen-bond acceptors (Lipinski definition) is 13. The number of nitrogens with one attached hydrogen (secondary N) is 6. The highest BCUT2D eigenvalue weighted by molar-refractivity contribution is 5.97. The fraction of sp³-hybridized carbons (Fsp3) is 0.538. The number of carbonyl (C=O) groups excluding carboxylic acids is 7. The molecule has 2 aromatic rings. The molecule has 2 heterocycles. The summed E-state index contributed by atoms with van der Waals surface area (Å²) in [5.74, 6) is -8.08. The van der Waals surface area contributed by atoms with Gasteiger partial charge in [-0.2, -0.15) is 0 Å². The number of aliphatic carboxylic acids is 1. The van der Waals surface area contributed by atoms with E-state index in [1.54, 1.807) is 30.5 Å². The van der Waals surface area contributed by atoms with E-state index in [-0.39, 0.29) is 62.9 Å². The quantitative estimate of drug-likeness (QED) is 0.0539. The summed E-state index contributed by atoms with van der Waals surface area (Å²) in [6.45, 7) is 3.25. The van der Waals surface area contributed by atoms with Crippen LogP contribution in [0.4, 0.5) is 5.69 Å². The van der Waals surface area contributed by atoms with Crippen LogP contribution in [0.5, 0.6) is 0 Å². The average molecular weight is 912 g/mol. The lowest BCUT2D eigenvalue weighted by Crippen LogP contribution is -2.58. The largest absolute Gasteiger partial charge is 0.481 e. The molecule has 26 nitrogen and oxygen atoms in total. The average Bonchev–Trinajstić information content (AvgIpc) is 3.67. The number of aromatic nitrogens is 3. The van der Waals surface area contributed by atoms with Gasteiger partial charge in [-0.1, -0.05) is 31.2 Å². The molecule has 26 heteroatoms. The highest BCUT2D eigenvalue weighted by atomic mass is 16.4. The van der Waals surface area contributed by atoms with E-state index in [0.29, 0.717) is 36.3 Å². The Bertz CT molecular complexity index is 2050. The Morgan fingerprint density at radius 2 is 1.46 bits per heavy atom. The van der Waals surface area contributed by atoms with Crippen LogP contribution in [0, 0.1) is 5.92 Å². The Morgan fingerprint density at radius 3 is 2.09 bits per heavy atom. The van der Waals surface area contributed by atoms with Gasteiger partial charge >= 0.3 is 5.97 Å². The van der Waals surface area contributed by atoms with Crippen molar-refractivity contribution in [2.75, 3.05) is 13.1 Å². The molecule has 356 valence electrons. The fourth-order valence-electron chi connectivity index (χ4n) is 6.56. The minimum atomic E-state index is -1.77. The van der Waals surface area contributed by atoms with E-state index >= 15 is 0 Å². The van der Waals surface area contributed by atoms with Crippen molar-refractivity contribution in [3.63, 3.8) is 0 Å². The number of carboxylic acids is 1. The van der Waals surface area contributed by atoms with Crippen LogP contribution in [0.2, 0.25) is 0 Å². The van der Waals surface area contributed by atoms with Crippen LogP contribution in [0.3, 0.4) is 0 Å². The molecule has 19 N–H and O–H groups in total. The van der Waals surface area contributed by atoms with Gasteiger partial charge in [0.1, 0.15) is 30.2 Å². The second-order valence-electron chi connectivity index (χ2n) is 15.8. The summed E-state index contributed by atoms with van der Waals surface area (Å²) in [4.78, 5) is 114. The summed E-state index contributed by atoms with van der Waals surface area (Å²) >= 11 is 0. The topological polar surface area (TPSA) is 441 Å². The number of aliphatic imine (C=N–C) groups is 2. The summed E-state index contributed by atoms with van der Waals surface area (Å²) in [7, 11) is 0. The van der Waals surface area contributed by atoms with Gasteiger partial charge in [0.2, 0.25) is 41.4 Å². The molecular formula is C39H61N17O9. The number of aryl methyl sites for hydroxylation is 1. The number of primary amides is 1. The van der Waals surface area contributed by atoms with Crippen molar-refractivity contribution < 1.29 is 43.5 Å². The number of carboxylic acid groups (broad SMARTS) is 1. The molecular weight excluding hydrogens is 851 g/mol. The maximum Gasteiger partial charge on any atom is 0.305 e. The van der Waals surface area contributed by atoms with Crippen LogP contribution < -0.4 is 66.3 Å². The minimum absolute atomic E-state index is 0.0331. The monoisotopic (exact) mass is 911 g/mol. The smallest absolute Gasteiger partial charge is 0.305 e. The molecule has 2 bridgehead atoms. The van der Waals surface area contributed by atoms with E-state index in [4.69, 9.17) is 34.4 Å². The van der Waals surface area contributed by atoms with Gasteiger partial charge in [-0.15, -0.1) is 5.10 Å². The number of rotatable bonds is 12. The van der Waals surface area contributed by atoms with Crippen LogP contribution in [0.15, 0.2) is 40.4 Å². The van der Waals surface area contributed by atoms with Crippen LogP contribution in [0.1, 0.15) is 70.1 Å². The molecule has 7 amide bonds. The number of benzene rings is 1. The number of amides is 7. The van der Waals surface area contributed by atoms with E-state index in [1.807, 2.05) is 13.8 Å². The standard InChI is InChI=1S/C39H61N17O9/c1-20(2)14-27-35(63)51-26(7-5-12-46-38(42)43)34(62)47-18-30(57)49-29(17-31(58)59)37(65)53-28(15-21-8-10-22(11-9-21)48-39(44)45)36(64)50-25(32(41)60)6-3-4-13-56-19-23(54-55-56)16-24(40)33(61)52-27/h8-11,19-20,24-29H,3-7,12-18,40H2,1-2H3,(H2,41,60)(H,47,62)(H,49,57)(H,50,64)(H,51,63)(H,52,61)(H,53,65)(H,58,59)(H4,42,43,46)(H4,44,45,48)/t24-,25-,26-,27-,28-,29-/m1/s1. The lowest BCUT2D eigenvalue weighted by molar-refractivity contribution is -0.141. The van der Waals surface area contributed by atoms with E-state index in [1.165, 1.54) is 4.68 Å². The van der Waals surface area contributed by atoms with Gasteiger partial charge < -0.3 is 71.4 Å². The summed E-state index contributed by atoms with van der Waals surface area (Å²) in [6, 6.07) is -1.78. The van der Waals surface area contributed by atoms with Crippen LogP contribution in [0.25, 0.3) is 0 Å². The number of fused-ring (bicyclic) bond motifs is 2. The zero-order valence-corrected chi connectivity index (χ0v) is 36.3. The van der Waals surface area contributed by atoms with Gasteiger partial charge in [-0.05, 0) is 62.1 Å². The fourth-order valence-corrected chi connectivity index (χ4v) is 6.56. The third-order valence-corrected chi connectivity index (χ3v) is 9.78. The van der Waals surface area contributed by atoms with Gasteiger partial charge in [0.05, 0.1) is 30.4 Å². The number of carbonyl (C=O) groups is 8. The minimum Gasteiger partial charge on any atom is -0.481 e. The maximum absolute atomic E-state index is 13.8. The molecule has 0 saturated carbocycles. The lowest BCUT2D eigenvalue weighted by atomic mass is 10.0. The van der Waals surface area contributed by atoms with Crippen molar-refractivity contribution in [3.8, 4) is 0 Å². The number of hydrogen-bond donors (Lipinski definition) is 13. The molecule has 0 unspecified atom stereocenters. The van der Waals surface area contributed by atoms with Crippen molar-refractivity contribution in [2.24, 2.45) is 50.3 Å². The number of guanidine groups is 2. The molecule has 1 aromatic heterocycles. The second kappa shape index (κ2) is 25.7. The summed E-state index contributed by atoms with van der Waals surface area (Å²) in [5, 5.41) is 32.8. The first kappa shape index (κ1) is 52.0. The summed E-state index contributed by atoms with van der Waals surface area (Å²) < 4.78 is 1.51. The van der Waals surface area contributed by atoms with Crippen molar-refractivity contribution in [3.05, 3.63) is 41.7 Å². The molecule has 0 fully saturated rings. The predicted octanol–water partition coefficient (Wildman–Crippen LogP) is -4.92. The Hall–Kier alpha value is -7.38. The molecule has 3 rings (SSSR count). The highest BCUT2D eigenvalue weighted by Crippen LogP contribution is 2.15.